The van der Waals surface area contributed by atoms with Gasteiger partial charge in [-0.1, -0.05) is 67.1 Å². The summed E-state index contributed by atoms with van der Waals surface area (Å²) in [7, 11) is -5.39. The molecule has 0 bridgehead atoms. The first-order valence-electron chi connectivity index (χ1n) is 30.5. The number of thiophene rings is 1. The zero-order valence-corrected chi connectivity index (χ0v) is 54.2. The number of hydrogen-bond donors (Lipinski definition) is 14. The number of unbranched alkanes of at least 4 members (excludes halogenated alkanes) is 2. The van der Waals surface area contributed by atoms with Crippen LogP contribution in [-0.4, -0.2) is 176 Å². The Labute approximate surface area is 540 Å². The number of nitrogens with zero attached hydrogens (tertiary/aromatic N) is 1. The van der Waals surface area contributed by atoms with Crippen LogP contribution in [0.15, 0.2) is 72.1 Å². The molecule has 13 amide bonds. The molecule has 3 fully saturated rings. The highest BCUT2D eigenvalue weighted by Gasteiger charge is 2.45. The molecule has 12 atom stereocenters. The number of phosphoric ester groups is 1. The van der Waals surface area contributed by atoms with Gasteiger partial charge >= 0.3 is 13.9 Å². The van der Waals surface area contributed by atoms with Crippen molar-refractivity contribution in [2.24, 2.45) is 11.5 Å². The summed E-state index contributed by atoms with van der Waals surface area (Å²) >= 11 is 3.03. The number of fused-ring (bicyclic) bond motifs is 1. The van der Waals surface area contributed by atoms with E-state index in [4.69, 9.17) is 16.0 Å². The molecule has 0 aliphatic carbocycles. The van der Waals surface area contributed by atoms with Crippen LogP contribution >= 0.6 is 30.9 Å². The molecule has 2 aromatic carbocycles. The summed E-state index contributed by atoms with van der Waals surface area (Å²) in [5.41, 5.74) is 13.2. The Balaban J connectivity index is 1.06. The monoisotopic (exact) mass is 1340 g/mol. The number of carbonyl (C=O) groups excluding carboxylic acids is 12. The molecule has 3 aliphatic rings. The van der Waals surface area contributed by atoms with E-state index in [1.807, 2.05) is 54.2 Å². The van der Waals surface area contributed by atoms with E-state index in [0.29, 0.717) is 47.9 Å². The molecule has 3 saturated heterocycles. The highest BCUT2D eigenvalue weighted by Crippen LogP contribution is 2.39. The Morgan fingerprint density at radius 3 is 1.99 bits per heavy atom. The quantitative estimate of drug-likeness (QED) is 0.0205. The summed E-state index contributed by atoms with van der Waals surface area (Å²) in [6, 6.07) is 8.65. The van der Waals surface area contributed by atoms with Crippen LogP contribution in [0, 0.1) is 0 Å². The number of hydrogen-bond acceptors (Lipinski definition) is 16. The fourth-order valence-corrected chi connectivity index (χ4v) is 13.8. The molecule has 6 rings (SSSR count). The SMILES string of the molecule is CC(=O)N[C@@H](CCCCNC(=O)CCCC[C@@H]1SC[C@@H]2NC(=O)N[C@@H]21)C(=O)N[C@@H](C)C(=O)N[C@@H](C)C(=O)N[C@@H](Cc1cccs1)C(=O)N[C@H](C(=O)N1CCC[C@H]1C(=O)N[C@@H](Cc1ccc(-c2ccccc2)cc1)C(=O)N[C@@H](CCC(N)=O)C(N)=O)[C@@H](C)OP(=O)(O)O. The standard InChI is InChI=1S/C60H84N13O16PS2/c1-33(65-55(80)42(66-36(4)74)17-10-11-27-63-49(76)20-9-8-19-47-51-45(32-92-47)70-60(85)72-51)53(78)64-34(2)54(79)68-44(31-40-16-13-29-91-40)57(82)71-50(35(3)89-90(86,87)88)59(84)73-28-12-18-46(73)58(83)69-43(56(81)67-41(52(62)77)25-26-48(61)75)30-37-21-23-39(24-22-37)38-14-6-5-7-15-38/h5-7,13-16,21-24,29,33-35,41-47,50-51H,8-12,17-20,25-28,30-32H2,1-4H3,(H2,61,75)(H2,62,77)(H,63,76)(H,64,78)(H,65,80)(H,66,74)(H,67,81)(H,68,79)(H,69,83)(H,71,82)(H2,70,72,85)(H2,86,87,88)/t33-,34-,35+,41-,42-,43-,44-,45-,46-,47-,50-,51-/m0/s1. The molecular formula is C60H84N13O16PS2. The first kappa shape index (κ1) is 73.1. The molecule has 1 aromatic heterocycles. The number of nitrogens with two attached hydrogens (primary N) is 2. The van der Waals surface area contributed by atoms with Gasteiger partial charge in [-0.2, -0.15) is 11.8 Å². The van der Waals surface area contributed by atoms with E-state index in [-0.39, 0.29) is 75.5 Å². The van der Waals surface area contributed by atoms with E-state index in [1.165, 1.54) is 32.1 Å². The third kappa shape index (κ3) is 23.0. The number of urea groups is 1. The summed E-state index contributed by atoms with van der Waals surface area (Å²) in [4.78, 5) is 181. The fourth-order valence-electron chi connectivity index (χ4n) is 10.9. The average Bonchev–Trinajstić information content (AvgIpc) is 1.57. The lowest BCUT2D eigenvalue weighted by Gasteiger charge is -2.33. The summed E-state index contributed by atoms with van der Waals surface area (Å²) in [6.45, 7) is 5.19. The third-order valence-corrected chi connectivity index (χ3v) is 18.8. The summed E-state index contributed by atoms with van der Waals surface area (Å²) in [6.07, 6.45) is 1.34. The predicted octanol–water partition coefficient (Wildman–Crippen LogP) is -0.0945. The number of primary amides is 2. The van der Waals surface area contributed by atoms with Crippen molar-refractivity contribution in [2.45, 2.75) is 183 Å². The third-order valence-electron chi connectivity index (χ3n) is 15.8. The number of amides is 13. The van der Waals surface area contributed by atoms with Gasteiger partial charge in [0.1, 0.15) is 48.3 Å². The number of benzene rings is 2. The van der Waals surface area contributed by atoms with Gasteiger partial charge in [-0.25, -0.2) is 9.36 Å². The Hall–Kier alpha value is -7.96. The zero-order chi connectivity index (χ0) is 67.2. The molecule has 0 unspecified atom stereocenters. The van der Waals surface area contributed by atoms with Crippen molar-refractivity contribution >= 4 is 102 Å². The molecule has 16 N–H and O–H groups in total. The van der Waals surface area contributed by atoms with Crippen molar-refractivity contribution in [1.82, 2.24) is 58.1 Å². The van der Waals surface area contributed by atoms with Crippen LogP contribution in [0.1, 0.15) is 109 Å². The van der Waals surface area contributed by atoms with Crippen LogP contribution in [0.2, 0.25) is 0 Å². The molecular weight excluding hydrogens is 1250 g/mol. The lowest BCUT2D eigenvalue weighted by Crippen LogP contribution is -2.62. The maximum absolute atomic E-state index is 14.8. The van der Waals surface area contributed by atoms with E-state index in [1.54, 1.807) is 29.6 Å². The minimum absolute atomic E-state index is 0.0157. The Morgan fingerprint density at radius 1 is 0.696 bits per heavy atom. The molecule has 0 saturated carbocycles. The molecule has 92 heavy (non-hydrogen) atoms. The average molecular weight is 1340 g/mol. The van der Waals surface area contributed by atoms with E-state index < -0.39 is 121 Å². The number of likely N-dealkylation sites (tertiary alicyclic amines) is 1. The summed E-state index contributed by atoms with van der Waals surface area (Å²) in [5, 5.41) is 28.6. The Bertz CT molecular complexity index is 3140. The van der Waals surface area contributed by atoms with Gasteiger partial charge in [0, 0.05) is 61.6 Å². The highest BCUT2D eigenvalue weighted by atomic mass is 32.2. The molecule has 32 heteroatoms. The van der Waals surface area contributed by atoms with Gasteiger partial charge < -0.3 is 79.3 Å². The van der Waals surface area contributed by atoms with Crippen molar-refractivity contribution < 1.29 is 76.4 Å². The molecule has 3 aromatic rings. The van der Waals surface area contributed by atoms with Crippen molar-refractivity contribution in [2.75, 3.05) is 18.8 Å². The van der Waals surface area contributed by atoms with Crippen molar-refractivity contribution in [1.29, 1.82) is 0 Å². The topological polar surface area (TPSA) is 447 Å². The van der Waals surface area contributed by atoms with Crippen LogP contribution in [-0.2, 0) is 74.7 Å². The van der Waals surface area contributed by atoms with Gasteiger partial charge in [-0.3, -0.25) is 57.3 Å². The maximum atomic E-state index is 14.8. The van der Waals surface area contributed by atoms with Crippen LogP contribution in [0.3, 0.4) is 0 Å². The molecule has 0 radical (unpaired) electrons. The largest absolute Gasteiger partial charge is 0.469 e. The smallest absolute Gasteiger partial charge is 0.370 e. The lowest BCUT2D eigenvalue weighted by molar-refractivity contribution is -0.144. The Kier molecular flexibility index (Phi) is 28.0. The number of thioether (sulfide) groups is 1. The van der Waals surface area contributed by atoms with E-state index >= 15 is 0 Å². The lowest BCUT2D eigenvalue weighted by atomic mass is 9.99. The van der Waals surface area contributed by atoms with Gasteiger partial charge in [-0.05, 0) is 100 Å². The van der Waals surface area contributed by atoms with E-state index in [0.717, 1.165) is 41.5 Å². The van der Waals surface area contributed by atoms with Crippen LogP contribution in [0.5, 0.6) is 0 Å². The van der Waals surface area contributed by atoms with Gasteiger partial charge in [0.15, 0.2) is 0 Å². The second-order valence-electron chi connectivity index (χ2n) is 23.0. The highest BCUT2D eigenvalue weighted by molar-refractivity contribution is 8.00. The van der Waals surface area contributed by atoms with Gasteiger partial charge in [-0.15, -0.1) is 11.3 Å². The van der Waals surface area contributed by atoms with E-state index in [2.05, 4.69) is 53.2 Å². The zero-order valence-electron chi connectivity index (χ0n) is 51.6. The van der Waals surface area contributed by atoms with Gasteiger partial charge in [0.2, 0.25) is 65.0 Å². The van der Waals surface area contributed by atoms with Gasteiger partial charge in [0.05, 0.1) is 18.2 Å². The first-order chi connectivity index (χ1) is 43.7. The number of phosphoric acid groups is 1. The van der Waals surface area contributed by atoms with Crippen LogP contribution < -0.4 is 64.6 Å². The van der Waals surface area contributed by atoms with E-state index in [9.17, 15) is 71.9 Å². The molecule has 29 nitrogen and oxygen atoms in total. The number of nitrogens with one attached hydrogen (secondary N) is 10. The van der Waals surface area contributed by atoms with Crippen LogP contribution in [0.25, 0.3) is 11.1 Å². The maximum Gasteiger partial charge on any atom is 0.469 e. The number of rotatable bonds is 36. The Morgan fingerprint density at radius 2 is 1.34 bits per heavy atom. The normalized spacial score (nSPS) is 19.3. The van der Waals surface area contributed by atoms with Crippen molar-refractivity contribution in [3.8, 4) is 11.1 Å². The second-order valence-corrected chi connectivity index (χ2v) is 26.5. The van der Waals surface area contributed by atoms with Crippen molar-refractivity contribution in [3.05, 3.63) is 82.6 Å². The van der Waals surface area contributed by atoms with Crippen molar-refractivity contribution in [3.63, 3.8) is 0 Å². The predicted molar refractivity (Wildman–Crippen MR) is 340 cm³/mol. The number of carbonyl (C=O) groups is 12. The molecule has 3 aliphatic heterocycles. The first-order valence-corrected chi connectivity index (χ1v) is 34.0. The minimum atomic E-state index is -5.39. The molecule has 502 valence electrons. The van der Waals surface area contributed by atoms with Crippen LogP contribution in [0.4, 0.5) is 4.79 Å². The molecule has 0 spiro atoms. The fraction of sp³-hybridized carbons (Fsp3) is 0.533. The summed E-state index contributed by atoms with van der Waals surface area (Å²) < 4.78 is 17.2. The van der Waals surface area contributed by atoms with Gasteiger partial charge in [0.25, 0.3) is 0 Å². The molecule has 4 heterocycles. The minimum Gasteiger partial charge on any atom is -0.370 e. The second kappa shape index (κ2) is 35.2. The summed E-state index contributed by atoms with van der Waals surface area (Å²) in [5.74, 6) is -7.74.